The van der Waals surface area contributed by atoms with Gasteiger partial charge in [0.25, 0.3) is 11.6 Å². The van der Waals surface area contributed by atoms with Crippen LogP contribution >= 0.6 is 0 Å². The summed E-state index contributed by atoms with van der Waals surface area (Å²) in [6, 6.07) is 10.2. The number of hydrogen-bond donors (Lipinski definition) is 2. The van der Waals surface area contributed by atoms with Gasteiger partial charge in [-0.05, 0) is 66.1 Å². The number of nitro benzene ring substituents is 1. The zero-order chi connectivity index (χ0) is 25.8. The van der Waals surface area contributed by atoms with Crippen LogP contribution in [-0.4, -0.2) is 48.3 Å². The molecule has 3 N–H and O–H groups in total. The van der Waals surface area contributed by atoms with E-state index in [9.17, 15) is 19.7 Å². The first-order valence-electron chi connectivity index (χ1n) is 10.2. The first-order valence-corrected chi connectivity index (χ1v) is 10.2. The fraction of sp³-hybridized carbons (Fsp3) is 0.0952. The Hall–Kier alpha value is -5.47. The highest BCUT2D eigenvalue weighted by molar-refractivity contribution is 5.95. The van der Waals surface area contributed by atoms with Crippen molar-refractivity contribution < 1.29 is 23.9 Å². The third-order valence-corrected chi connectivity index (χ3v) is 4.85. The van der Waals surface area contributed by atoms with Gasteiger partial charge in [-0.3, -0.25) is 14.9 Å². The van der Waals surface area contributed by atoms with Gasteiger partial charge in [-0.15, -0.1) is 5.10 Å². The second-order valence-electron chi connectivity index (χ2n) is 7.32. The number of amides is 1. The molecule has 0 fully saturated rings. The van der Waals surface area contributed by atoms with Crippen molar-refractivity contribution in [2.24, 2.45) is 5.10 Å². The first kappa shape index (κ1) is 23.7. The molecular weight excluding hydrogens is 474 g/mol. The Balaban J connectivity index is 1.39. The third-order valence-electron chi connectivity index (χ3n) is 4.85. The molecule has 2 heterocycles. The summed E-state index contributed by atoms with van der Waals surface area (Å²) in [5.41, 5.74) is 9.39. The number of aromatic nitrogens is 5. The van der Waals surface area contributed by atoms with E-state index in [1.165, 1.54) is 43.5 Å². The number of anilines is 1. The number of benzene rings is 2. The summed E-state index contributed by atoms with van der Waals surface area (Å²) >= 11 is 0. The highest BCUT2D eigenvalue weighted by Crippen LogP contribution is 2.20. The number of nitrogens with one attached hydrogen (secondary N) is 1. The Morgan fingerprint density at radius 2 is 1.94 bits per heavy atom. The van der Waals surface area contributed by atoms with Crippen molar-refractivity contribution in [1.29, 1.82) is 0 Å². The van der Waals surface area contributed by atoms with Crippen molar-refractivity contribution in [1.82, 2.24) is 30.7 Å². The number of carbonyl (C=O) groups is 2. The molecule has 0 aliphatic heterocycles. The highest BCUT2D eigenvalue weighted by atomic mass is 16.6. The number of aryl methyl sites for hydroxylation is 2. The molecule has 36 heavy (non-hydrogen) atoms. The predicted octanol–water partition coefficient (Wildman–Crippen LogP) is 1.74. The predicted molar refractivity (Wildman–Crippen MR) is 123 cm³/mol. The molecule has 15 nitrogen and oxygen atoms in total. The molecule has 0 bridgehead atoms. The molecular formula is C21H17N9O6. The smallest absolute Gasteiger partial charge is 0.343 e. The Morgan fingerprint density at radius 1 is 1.19 bits per heavy atom. The Labute approximate surface area is 201 Å². The van der Waals surface area contributed by atoms with E-state index in [1.807, 2.05) is 0 Å². The van der Waals surface area contributed by atoms with E-state index in [1.54, 1.807) is 19.1 Å². The molecule has 1 amide bonds. The van der Waals surface area contributed by atoms with Crippen molar-refractivity contribution in [2.45, 2.75) is 13.8 Å². The maximum absolute atomic E-state index is 12.6. The minimum atomic E-state index is -0.662. The molecule has 0 saturated carbocycles. The number of carbonyl (C=O) groups excluding carboxylic acids is 2. The van der Waals surface area contributed by atoms with Crippen LogP contribution < -0.4 is 15.9 Å². The average molecular weight is 491 g/mol. The van der Waals surface area contributed by atoms with Crippen LogP contribution in [0.5, 0.6) is 5.75 Å². The van der Waals surface area contributed by atoms with Crippen LogP contribution in [0.15, 0.2) is 52.2 Å². The standard InChI is InChI=1S/C21H17N9O6/c1-11-9-14(5-8-16(11)30(33)34)21(32)35-15-6-3-13(4-7-15)10-23-25-20(31)17-12(2)24-28-29(17)19-18(22)26-36-27-19/h3-10H,1-2H3,(H2,22,26)(H,25,31). The minimum Gasteiger partial charge on any atom is -0.423 e. The Kier molecular flexibility index (Phi) is 6.44. The van der Waals surface area contributed by atoms with Gasteiger partial charge in [-0.2, -0.15) is 9.78 Å². The zero-order valence-electron chi connectivity index (χ0n) is 18.8. The van der Waals surface area contributed by atoms with E-state index in [4.69, 9.17) is 10.5 Å². The van der Waals surface area contributed by atoms with Gasteiger partial charge in [0.1, 0.15) is 5.75 Å². The fourth-order valence-electron chi connectivity index (χ4n) is 3.10. The van der Waals surface area contributed by atoms with Crippen LogP contribution in [0.3, 0.4) is 0 Å². The van der Waals surface area contributed by atoms with Gasteiger partial charge >= 0.3 is 5.97 Å². The Morgan fingerprint density at radius 3 is 2.58 bits per heavy atom. The number of ether oxygens (including phenoxy) is 1. The van der Waals surface area contributed by atoms with Crippen LogP contribution in [-0.2, 0) is 0 Å². The number of hydrazone groups is 1. The van der Waals surface area contributed by atoms with Crippen LogP contribution in [0.2, 0.25) is 0 Å². The second kappa shape index (κ2) is 9.80. The van der Waals surface area contributed by atoms with Gasteiger partial charge < -0.3 is 10.5 Å². The van der Waals surface area contributed by atoms with Crippen molar-refractivity contribution >= 4 is 29.6 Å². The van der Waals surface area contributed by atoms with Crippen molar-refractivity contribution in [3.8, 4) is 11.6 Å². The van der Waals surface area contributed by atoms with E-state index < -0.39 is 16.8 Å². The van der Waals surface area contributed by atoms with Crippen LogP contribution in [0, 0.1) is 24.0 Å². The highest BCUT2D eigenvalue weighted by Gasteiger charge is 2.22. The molecule has 0 atom stereocenters. The van der Waals surface area contributed by atoms with Crippen molar-refractivity contribution in [3.05, 3.63) is 80.7 Å². The van der Waals surface area contributed by atoms with Gasteiger partial charge in [0.05, 0.1) is 22.4 Å². The summed E-state index contributed by atoms with van der Waals surface area (Å²) < 4.78 is 10.9. The number of nitrogens with two attached hydrogens (primary N) is 1. The summed E-state index contributed by atoms with van der Waals surface area (Å²) in [6.45, 7) is 3.11. The lowest BCUT2D eigenvalue weighted by Crippen LogP contribution is -2.22. The first-order chi connectivity index (χ1) is 17.2. The van der Waals surface area contributed by atoms with Gasteiger partial charge in [-0.1, -0.05) is 5.21 Å². The van der Waals surface area contributed by atoms with Crippen LogP contribution in [0.25, 0.3) is 5.82 Å². The van der Waals surface area contributed by atoms with E-state index in [-0.39, 0.29) is 34.3 Å². The topological polar surface area (TPSA) is 207 Å². The van der Waals surface area contributed by atoms with Gasteiger partial charge in [0.2, 0.25) is 11.6 Å². The number of esters is 1. The van der Waals surface area contributed by atoms with E-state index in [0.29, 0.717) is 16.8 Å². The second-order valence-corrected chi connectivity index (χ2v) is 7.32. The zero-order valence-corrected chi connectivity index (χ0v) is 18.8. The normalized spacial score (nSPS) is 10.9. The minimum absolute atomic E-state index is 0.0127. The quantitative estimate of drug-likeness (QED) is 0.125. The molecule has 4 rings (SSSR count). The third kappa shape index (κ3) is 4.89. The number of hydrogen-bond acceptors (Lipinski definition) is 12. The number of nitrogen functional groups attached to an aromatic ring is 1. The molecule has 0 aliphatic carbocycles. The summed E-state index contributed by atoms with van der Waals surface area (Å²) in [5.74, 6) is -1.09. The maximum Gasteiger partial charge on any atom is 0.343 e. The lowest BCUT2D eigenvalue weighted by atomic mass is 10.1. The van der Waals surface area contributed by atoms with Crippen LogP contribution in [0.4, 0.5) is 11.5 Å². The van der Waals surface area contributed by atoms with Crippen molar-refractivity contribution in [2.75, 3.05) is 5.73 Å². The maximum atomic E-state index is 12.6. The van der Waals surface area contributed by atoms with Gasteiger partial charge in [0.15, 0.2) is 5.69 Å². The van der Waals surface area contributed by atoms with Gasteiger partial charge in [-0.25, -0.2) is 14.8 Å². The summed E-state index contributed by atoms with van der Waals surface area (Å²) in [6.07, 6.45) is 1.37. The largest absolute Gasteiger partial charge is 0.423 e. The molecule has 0 unspecified atom stereocenters. The molecule has 0 radical (unpaired) electrons. The van der Waals surface area contributed by atoms with E-state index in [0.717, 1.165) is 4.68 Å². The van der Waals surface area contributed by atoms with E-state index >= 15 is 0 Å². The molecule has 0 aliphatic rings. The summed E-state index contributed by atoms with van der Waals surface area (Å²) in [4.78, 5) is 35.4. The summed E-state index contributed by atoms with van der Waals surface area (Å²) in [5, 5.41) is 29.5. The lowest BCUT2D eigenvalue weighted by Gasteiger charge is -2.06. The number of rotatable bonds is 7. The lowest BCUT2D eigenvalue weighted by molar-refractivity contribution is -0.385. The monoisotopic (exact) mass is 491 g/mol. The fourth-order valence-corrected chi connectivity index (χ4v) is 3.10. The molecule has 182 valence electrons. The molecule has 4 aromatic rings. The molecule has 2 aromatic carbocycles. The molecule has 0 spiro atoms. The van der Waals surface area contributed by atoms with E-state index in [2.05, 4.69) is 35.8 Å². The molecule has 15 heteroatoms. The van der Waals surface area contributed by atoms with Crippen molar-refractivity contribution in [3.63, 3.8) is 0 Å². The molecule has 2 aromatic heterocycles. The Bertz CT molecular complexity index is 1490. The number of nitro groups is 1. The SMILES string of the molecule is Cc1cc(C(=O)Oc2ccc(C=NNC(=O)c3c(C)nnn3-c3nonc3N)cc2)ccc1[N+](=O)[O-]. The van der Waals surface area contributed by atoms with Crippen LogP contribution in [0.1, 0.15) is 37.7 Å². The molecule has 0 saturated heterocycles. The number of nitrogens with zero attached hydrogens (tertiary/aromatic N) is 7. The average Bonchev–Trinajstić information content (AvgIpc) is 3.44. The van der Waals surface area contributed by atoms with Gasteiger partial charge in [0, 0.05) is 11.6 Å². The summed E-state index contributed by atoms with van der Waals surface area (Å²) in [7, 11) is 0.